The first kappa shape index (κ1) is 22.0. The highest BCUT2D eigenvalue weighted by Gasteiger charge is 2.46. The number of hydrogen-bond acceptors (Lipinski definition) is 6. The SMILES string of the molecule is CC(C)(C)OC(=O)N1CCC2(CCN(c3ncncc3Oc3ccc(Cl)cc3Cl)C2)C1. The van der Waals surface area contributed by atoms with E-state index in [9.17, 15) is 4.79 Å². The summed E-state index contributed by atoms with van der Waals surface area (Å²) in [6, 6.07) is 5.08. The molecule has 0 N–H and O–H groups in total. The molecule has 0 saturated carbocycles. The minimum atomic E-state index is -0.495. The van der Waals surface area contributed by atoms with Gasteiger partial charge in [-0.25, -0.2) is 14.8 Å². The average Bonchev–Trinajstić information content (AvgIpc) is 3.30. The first-order valence-electron chi connectivity index (χ1n) is 10.3. The van der Waals surface area contributed by atoms with Crippen LogP contribution < -0.4 is 9.64 Å². The molecule has 4 rings (SSSR count). The molecular weight excluding hydrogens is 439 g/mol. The Hall–Kier alpha value is -2.25. The number of benzene rings is 1. The molecule has 1 unspecified atom stereocenters. The van der Waals surface area contributed by atoms with Crippen LogP contribution in [0.25, 0.3) is 0 Å². The molecule has 2 aliphatic rings. The van der Waals surface area contributed by atoms with Crippen molar-refractivity contribution in [2.45, 2.75) is 39.2 Å². The van der Waals surface area contributed by atoms with Crippen LogP contribution in [0.3, 0.4) is 0 Å². The first-order chi connectivity index (χ1) is 14.6. The van der Waals surface area contributed by atoms with Crippen molar-refractivity contribution in [1.82, 2.24) is 14.9 Å². The van der Waals surface area contributed by atoms with E-state index in [1.165, 1.54) is 6.33 Å². The van der Waals surface area contributed by atoms with Gasteiger partial charge in [0.15, 0.2) is 11.6 Å². The van der Waals surface area contributed by atoms with Gasteiger partial charge in [-0.15, -0.1) is 0 Å². The minimum Gasteiger partial charge on any atom is -0.450 e. The highest BCUT2D eigenvalue weighted by atomic mass is 35.5. The summed E-state index contributed by atoms with van der Waals surface area (Å²) < 4.78 is 11.6. The lowest BCUT2D eigenvalue weighted by Crippen LogP contribution is -2.37. The van der Waals surface area contributed by atoms with Crippen LogP contribution in [0.2, 0.25) is 10.0 Å². The van der Waals surface area contributed by atoms with Crippen molar-refractivity contribution in [3.63, 3.8) is 0 Å². The number of aromatic nitrogens is 2. The monoisotopic (exact) mass is 464 g/mol. The number of ether oxygens (including phenoxy) is 2. The van der Waals surface area contributed by atoms with Gasteiger partial charge < -0.3 is 19.3 Å². The van der Waals surface area contributed by atoms with Gasteiger partial charge in [-0.3, -0.25) is 0 Å². The number of halogens is 2. The lowest BCUT2D eigenvalue weighted by Gasteiger charge is -2.27. The van der Waals surface area contributed by atoms with Crippen molar-refractivity contribution in [2.75, 3.05) is 31.1 Å². The van der Waals surface area contributed by atoms with Crippen LogP contribution in [-0.4, -0.2) is 52.7 Å². The molecule has 166 valence electrons. The Kier molecular flexibility index (Phi) is 5.92. The third-order valence-corrected chi connectivity index (χ3v) is 6.13. The van der Waals surface area contributed by atoms with Crippen LogP contribution in [-0.2, 0) is 4.74 Å². The van der Waals surface area contributed by atoms with Crippen molar-refractivity contribution < 1.29 is 14.3 Å². The van der Waals surface area contributed by atoms with Crippen molar-refractivity contribution in [2.24, 2.45) is 5.41 Å². The maximum Gasteiger partial charge on any atom is 0.410 e. The van der Waals surface area contributed by atoms with E-state index in [0.29, 0.717) is 40.5 Å². The Labute approximate surface area is 192 Å². The van der Waals surface area contributed by atoms with Gasteiger partial charge in [-0.2, -0.15) is 0 Å². The normalized spacial score (nSPS) is 21.1. The van der Waals surface area contributed by atoms with Crippen LogP contribution >= 0.6 is 23.2 Å². The Morgan fingerprint density at radius 1 is 1.13 bits per heavy atom. The smallest absolute Gasteiger partial charge is 0.410 e. The van der Waals surface area contributed by atoms with Crippen molar-refractivity contribution in [1.29, 1.82) is 0 Å². The zero-order chi connectivity index (χ0) is 22.2. The minimum absolute atomic E-state index is 0.0248. The number of anilines is 1. The number of carbonyl (C=O) groups excluding carboxylic acids is 1. The number of rotatable bonds is 3. The molecule has 1 spiro atoms. The number of likely N-dealkylation sites (tertiary alicyclic amines) is 1. The largest absolute Gasteiger partial charge is 0.450 e. The van der Waals surface area contributed by atoms with E-state index >= 15 is 0 Å². The second-order valence-corrected chi connectivity index (χ2v) is 10.1. The fraction of sp³-hybridized carbons (Fsp3) is 0.500. The standard InChI is InChI=1S/C22H26Cl2N4O3/c1-21(2,3)31-20(29)28-9-7-22(13-28)6-8-27(12-22)19-18(11-25-14-26-19)30-17-5-4-15(23)10-16(17)24/h4-5,10-11,14H,6-9,12-13H2,1-3H3. The summed E-state index contributed by atoms with van der Waals surface area (Å²) in [6.07, 6.45) is 4.81. The van der Waals surface area contributed by atoms with Crippen molar-refractivity contribution in [3.05, 3.63) is 40.8 Å². The highest BCUT2D eigenvalue weighted by molar-refractivity contribution is 6.35. The van der Waals surface area contributed by atoms with Gasteiger partial charge in [-0.1, -0.05) is 23.2 Å². The summed E-state index contributed by atoms with van der Waals surface area (Å²) in [5, 5.41) is 0.961. The molecule has 0 aliphatic carbocycles. The highest BCUT2D eigenvalue weighted by Crippen LogP contribution is 2.43. The van der Waals surface area contributed by atoms with Gasteiger partial charge in [-0.05, 0) is 51.8 Å². The molecule has 3 heterocycles. The molecule has 1 aromatic carbocycles. The van der Waals surface area contributed by atoms with Crippen LogP contribution in [0, 0.1) is 5.41 Å². The van der Waals surface area contributed by atoms with Crippen molar-refractivity contribution in [3.8, 4) is 11.5 Å². The van der Waals surface area contributed by atoms with E-state index in [1.807, 2.05) is 25.7 Å². The lowest BCUT2D eigenvalue weighted by molar-refractivity contribution is 0.0276. The number of hydrogen-bond donors (Lipinski definition) is 0. The third kappa shape index (κ3) is 4.99. The second kappa shape index (κ2) is 8.36. The van der Waals surface area contributed by atoms with Crippen LogP contribution in [0.15, 0.2) is 30.7 Å². The van der Waals surface area contributed by atoms with E-state index < -0.39 is 5.60 Å². The van der Waals surface area contributed by atoms with E-state index in [2.05, 4.69) is 14.9 Å². The van der Waals surface area contributed by atoms with Gasteiger partial charge >= 0.3 is 6.09 Å². The topological polar surface area (TPSA) is 67.8 Å². The number of amides is 1. The van der Waals surface area contributed by atoms with Crippen LogP contribution in [0.1, 0.15) is 33.6 Å². The molecule has 0 bridgehead atoms. The lowest BCUT2D eigenvalue weighted by atomic mass is 9.86. The van der Waals surface area contributed by atoms with Gasteiger partial charge in [0.05, 0.1) is 11.2 Å². The van der Waals surface area contributed by atoms with Crippen molar-refractivity contribution >= 4 is 35.1 Å². The van der Waals surface area contributed by atoms with E-state index in [0.717, 1.165) is 25.9 Å². The molecule has 9 heteroatoms. The zero-order valence-electron chi connectivity index (χ0n) is 17.9. The fourth-order valence-corrected chi connectivity index (χ4v) is 4.61. The average molecular weight is 465 g/mol. The van der Waals surface area contributed by atoms with E-state index in [-0.39, 0.29) is 11.5 Å². The Bertz CT molecular complexity index is 981. The molecule has 2 fully saturated rings. The van der Waals surface area contributed by atoms with Gasteiger partial charge in [0.1, 0.15) is 17.7 Å². The number of nitrogens with zero attached hydrogens (tertiary/aromatic N) is 4. The Morgan fingerprint density at radius 2 is 1.90 bits per heavy atom. The molecule has 7 nitrogen and oxygen atoms in total. The zero-order valence-corrected chi connectivity index (χ0v) is 19.4. The second-order valence-electron chi connectivity index (χ2n) is 9.21. The van der Waals surface area contributed by atoms with E-state index in [1.54, 1.807) is 24.4 Å². The quantitative estimate of drug-likeness (QED) is 0.604. The molecular formula is C22H26Cl2N4O3. The molecule has 1 aromatic heterocycles. The van der Waals surface area contributed by atoms with Crippen LogP contribution in [0.4, 0.5) is 10.6 Å². The van der Waals surface area contributed by atoms with E-state index in [4.69, 9.17) is 32.7 Å². The maximum absolute atomic E-state index is 12.5. The molecule has 2 aliphatic heterocycles. The van der Waals surface area contributed by atoms with Crippen LogP contribution in [0.5, 0.6) is 11.5 Å². The molecule has 1 atom stereocenters. The molecule has 0 radical (unpaired) electrons. The summed E-state index contributed by atoms with van der Waals surface area (Å²) in [5.41, 5.74) is -0.471. The first-order valence-corrected chi connectivity index (χ1v) is 11.1. The summed E-state index contributed by atoms with van der Waals surface area (Å²) in [7, 11) is 0. The summed E-state index contributed by atoms with van der Waals surface area (Å²) in [4.78, 5) is 25.1. The van der Waals surface area contributed by atoms with Gasteiger partial charge in [0.2, 0.25) is 0 Å². The molecule has 1 amide bonds. The Morgan fingerprint density at radius 3 is 2.65 bits per heavy atom. The molecule has 2 saturated heterocycles. The fourth-order valence-electron chi connectivity index (χ4n) is 4.16. The summed E-state index contributed by atoms with van der Waals surface area (Å²) in [6.45, 7) is 8.66. The predicted octanol–water partition coefficient (Wildman–Crippen LogP) is 5.41. The van der Waals surface area contributed by atoms with Gasteiger partial charge in [0.25, 0.3) is 0 Å². The third-order valence-electron chi connectivity index (χ3n) is 5.60. The predicted molar refractivity (Wildman–Crippen MR) is 120 cm³/mol. The summed E-state index contributed by atoms with van der Waals surface area (Å²) in [5.74, 6) is 1.74. The summed E-state index contributed by atoms with van der Waals surface area (Å²) >= 11 is 12.3. The molecule has 2 aromatic rings. The molecule has 31 heavy (non-hydrogen) atoms. The Balaban J connectivity index is 1.47. The maximum atomic E-state index is 12.5. The number of carbonyl (C=O) groups is 1. The van der Waals surface area contributed by atoms with Gasteiger partial charge in [0, 0.05) is 36.6 Å².